The lowest BCUT2D eigenvalue weighted by atomic mass is 9.87. The number of allylic oxidation sites excluding steroid dienone is 2. The number of rotatable bonds is 4. The highest BCUT2D eigenvalue weighted by Crippen LogP contribution is 2.53. The van der Waals surface area contributed by atoms with Gasteiger partial charge in [0.15, 0.2) is 0 Å². The van der Waals surface area contributed by atoms with Crippen LogP contribution in [0.1, 0.15) is 11.1 Å². The molecule has 0 bridgehead atoms. The number of fused-ring (bicyclic) bond motifs is 11. The molecule has 54 heavy (non-hydrogen) atoms. The molecule has 4 heterocycles. The number of hydrogen-bond donors (Lipinski definition) is 0. The van der Waals surface area contributed by atoms with Crippen molar-refractivity contribution in [3.63, 3.8) is 0 Å². The average Bonchev–Trinajstić information content (AvgIpc) is 4.00. The molecule has 0 radical (unpaired) electrons. The van der Waals surface area contributed by atoms with Gasteiger partial charge in [-0.1, -0.05) is 115 Å². The summed E-state index contributed by atoms with van der Waals surface area (Å²) in [5.41, 5.74) is 15.4. The third kappa shape index (κ3) is 4.18. The van der Waals surface area contributed by atoms with Crippen molar-refractivity contribution in [1.29, 1.82) is 0 Å². The zero-order chi connectivity index (χ0) is 35.3. The monoisotopic (exact) mass is 693 g/mol. The first-order chi connectivity index (χ1) is 26.8. The normalized spacial score (nSPS) is 16.9. The minimum atomic E-state index is -0.111. The molecule has 0 fully saturated rings. The number of nitrogens with zero attached hydrogens (tertiary/aromatic N) is 3. The fraction of sp³-hybridized carbons (Fsp3) is 0.0408. The number of ether oxygens (including phenoxy) is 1. The van der Waals surface area contributed by atoms with Crippen molar-refractivity contribution in [3.05, 3.63) is 187 Å². The summed E-state index contributed by atoms with van der Waals surface area (Å²) in [6, 6.07) is 57.6. The van der Waals surface area contributed by atoms with Crippen LogP contribution in [-0.4, -0.2) is 21.7 Å². The average molecular weight is 694 g/mol. The van der Waals surface area contributed by atoms with Gasteiger partial charge < -0.3 is 14.1 Å². The Kier molecular flexibility index (Phi) is 6.11. The molecular weight excluding hydrogens is 663 g/mol. The largest absolute Gasteiger partial charge is 0.483 e. The Balaban J connectivity index is 0.951. The second-order valence-electron chi connectivity index (χ2n) is 14.2. The van der Waals surface area contributed by atoms with E-state index in [9.17, 15) is 0 Å². The number of hydrogen-bond acceptors (Lipinski definition) is 4. The van der Waals surface area contributed by atoms with Gasteiger partial charge in [0.1, 0.15) is 34.9 Å². The fourth-order valence-electron chi connectivity index (χ4n) is 8.99. The van der Waals surface area contributed by atoms with E-state index in [1.165, 1.54) is 28.0 Å². The molecule has 1 aliphatic carbocycles. The standard InChI is InChI=1S/C49H31N3O2/c1-2-11-31(12-3-1)49-50-40-16-6-8-18-42(40)52(49)32-23-21-30(22-24-32)34-15-10-20-44-46(34)39-26-25-33(29-45(39)53-44)51-41-17-7-4-13-35(41)37-27-28-38-36-14-5-9-19-43(36)54-48(38)47(37)51/h1-29,47-48H. The van der Waals surface area contributed by atoms with Gasteiger partial charge in [0.25, 0.3) is 0 Å². The van der Waals surface area contributed by atoms with E-state index in [2.05, 4.69) is 167 Å². The molecule has 12 rings (SSSR count). The molecule has 9 aromatic rings. The number of furan rings is 1. The zero-order valence-electron chi connectivity index (χ0n) is 29.1. The third-order valence-corrected chi connectivity index (χ3v) is 11.3. The van der Waals surface area contributed by atoms with Gasteiger partial charge >= 0.3 is 0 Å². The van der Waals surface area contributed by atoms with Gasteiger partial charge in [-0.15, -0.1) is 0 Å². The van der Waals surface area contributed by atoms with Crippen LogP contribution in [0.25, 0.3) is 72.3 Å². The Bertz CT molecular complexity index is 3040. The van der Waals surface area contributed by atoms with E-state index in [1.807, 2.05) is 18.2 Å². The minimum Gasteiger partial charge on any atom is -0.483 e. The van der Waals surface area contributed by atoms with Gasteiger partial charge in [0.2, 0.25) is 0 Å². The quantitative estimate of drug-likeness (QED) is 0.184. The number of imidazole rings is 1. The molecular formula is C49H31N3O2. The summed E-state index contributed by atoms with van der Waals surface area (Å²) in [6.07, 6.45) is 4.43. The number of anilines is 2. The van der Waals surface area contributed by atoms with Crippen molar-refractivity contribution < 1.29 is 9.15 Å². The van der Waals surface area contributed by atoms with Crippen LogP contribution >= 0.6 is 0 Å². The first kappa shape index (κ1) is 29.5. The second kappa shape index (κ2) is 11.2. The lowest BCUT2D eigenvalue weighted by molar-refractivity contribution is 0.263. The van der Waals surface area contributed by atoms with Crippen molar-refractivity contribution in [3.8, 4) is 34.0 Å². The first-order valence-corrected chi connectivity index (χ1v) is 18.4. The van der Waals surface area contributed by atoms with Gasteiger partial charge in [-0.3, -0.25) is 4.57 Å². The van der Waals surface area contributed by atoms with Crippen LogP contribution in [0.3, 0.4) is 0 Å². The Morgan fingerprint density at radius 3 is 2.19 bits per heavy atom. The van der Waals surface area contributed by atoms with Crippen molar-refractivity contribution in [2.75, 3.05) is 4.90 Å². The first-order valence-electron chi connectivity index (χ1n) is 18.4. The molecule has 0 amide bonds. The Morgan fingerprint density at radius 1 is 0.537 bits per heavy atom. The molecule has 0 N–H and O–H groups in total. The van der Waals surface area contributed by atoms with Crippen molar-refractivity contribution in [1.82, 2.24) is 9.55 Å². The molecule has 254 valence electrons. The summed E-state index contributed by atoms with van der Waals surface area (Å²) in [5, 5.41) is 2.21. The molecule has 2 unspecified atom stereocenters. The number of benzene rings is 7. The van der Waals surface area contributed by atoms with Crippen LogP contribution in [0.5, 0.6) is 5.75 Å². The van der Waals surface area contributed by atoms with E-state index in [0.717, 1.165) is 72.6 Å². The Morgan fingerprint density at radius 2 is 1.28 bits per heavy atom. The minimum absolute atomic E-state index is 0.000674. The van der Waals surface area contributed by atoms with Crippen molar-refractivity contribution in [2.24, 2.45) is 0 Å². The van der Waals surface area contributed by atoms with Crippen molar-refractivity contribution >= 4 is 55.5 Å². The fourth-order valence-corrected chi connectivity index (χ4v) is 8.99. The maximum absolute atomic E-state index is 6.71. The van der Waals surface area contributed by atoms with Gasteiger partial charge in [-0.2, -0.15) is 0 Å². The lowest BCUT2D eigenvalue weighted by Gasteiger charge is -2.34. The predicted molar refractivity (Wildman–Crippen MR) is 218 cm³/mol. The lowest BCUT2D eigenvalue weighted by Crippen LogP contribution is -2.41. The van der Waals surface area contributed by atoms with E-state index in [-0.39, 0.29) is 12.1 Å². The highest BCUT2D eigenvalue weighted by atomic mass is 16.5. The van der Waals surface area contributed by atoms with Gasteiger partial charge in [-0.25, -0.2) is 4.98 Å². The van der Waals surface area contributed by atoms with Crippen LogP contribution in [0, 0.1) is 0 Å². The zero-order valence-corrected chi connectivity index (χ0v) is 29.1. The maximum atomic E-state index is 6.71. The number of aromatic nitrogens is 2. The second-order valence-corrected chi connectivity index (χ2v) is 14.2. The topological polar surface area (TPSA) is 43.4 Å². The van der Waals surface area contributed by atoms with Gasteiger partial charge in [0.05, 0.1) is 11.0 Å². The summed E-state index contributed by atoms with van der Waals surface area (Å²) >= 11 is 0. The van der Waals surface area contributed by atoms with E-state index < -0.39 is 0 Å². The molecule has 3 aliphatic rings. The molecule has 2 atom stereocenters. The van der Waals surface area contributed by atoms with E-state index in [4.69, 9.17) is 14.1 Å². The van der Waals surface area contributed by atoms with Crippen LogP contribution < -0.4 is 9.64 Å². The summed E-state index contributed by atoms with van der Waals surface area (Å²) in [4.78, 5) is 7.48. The summed E-state index contributed by atoms with van der Waals surface area (Å²) in [7, 11) is 0. The van der Waals surface area contributed by atoms with E-state index in [0.29, 0.717) is 0 Å². The molecule has 0 saturated heterocycles. The molecule has 2 aliphatic heterocycles. The number of para-hydroxylation sites is 4. The molecule has 2 aromatic heterocycles. The molecule has 5 heteroatoms. The van der Waals surface area contributed by atoms with Crippen LogP contribution in [0.15, 0.2) is 180 Å². The van der Waals surface area contributed by atoms with Crippen LogP contribution in [0.4, 0.5) is 11.4 Å². The van der Waals surface area contributed by atoms with E-state index >= 15 is 0 Å². The molecule has 7 aromatic carbocycles. The van der Waals surface area contributed by atoms with Crippen LogP contribution in [-0.2, 0) is 0 Å². The highest BCUT2D eigenvalue weighted by Gasteiger charge is 2.47. The van der Waals surface area contributed by atoms with Crippen molar-refractivity contribution in [2.45, 2.75) is 12.1 Å². The summed E-state index contributed by atoms with van der Waals surface area (Å²) in [6.45, 7) is 0. The molecule has 0 spiro atoms. The van der Waals surface area contributed by atoms with Gasteiger partial charge in [0, 0.05) is 56.2 Å². The highest BCUT2D eigenvalue weighted by molar-refractivity contribution is 6.13. The van der Waals surface area contributed by atoms with E-state index in [1.54, 1.807) is 0 Å². The smallest absolute Gasteiger partial charge is 0.149 e. The Hall–Kier alpha value is -7.11. The Labute approximate surface area is 311 Å². The predicted octanol–water partition coefficient (Wildman–Crippen LogP) is 12.0. The molecule has 0 saturated carbocycles. The SMILES string of the molecule is C1=C2c3ccccc3OC2C2C(=C1)c1ccccc1N2c1ccc2c(c1)oc1cccc(-c3ccc(-n4c(-c5ccccc5)nc5ccccc54)cc3)c12. The summed E-state index contributed by atoms with van der Waals surface area (Å²) < 4.78 is 15.6. The summed E-state index contributed by atoms with van der Waals surface area (Å²) in [5.74, 6) is 1.87. The third-order valence-electron chi connectivity index (χ3n) is 11.3. The molecule has 5 nitrogen and oxygen atoms in total. The van der Waals surface area contributed by atoms with Gasteiger partial charge in [-0.05, 0) is 71.3 Å². The van der Waals surface area contributed by atoms with Crippen LogP contribution in [0.2, 0.25) is 0 Å². The maximum Gasteiger partial charge on any atom is 0.149 e.